The lowest BCUT2D eigenvalue weighted by Gasteiger charge is -2.11. The van der Waals surface area contributed by atoms with Crippen molar-refractivity contribution in [3.8, 4) is 11.8 Å². The van der Waals surface area contributed by atoms with Gasteiger partial charge >= 0.3 is 0 Å². The van der Waals surface area contributed by atoms with E-state index in [1.54, 1.807) is 0 Å². The molecule has 0 spiro atoms. The summed E-state index contributed by atoms with van der Waals surface area (Å²) in [4.78, 5) is 0. The van der Waals surface area contributed by atoms with Crippen LogP contribution in [0.15, 0.2) is 12.1 Å². The Bertz CT molecular complexity index is 432. The van der Waals surface area contributed by atoms with E-state index in [2.05, 4.69) is 13.0 Å². The van der Waals surface area contributed by atoms with E-state index in [9.17, 15) is 0 Å². The predicted molar refractivity (Wildman–Crippen MR) is 79.5 cm³/mol. The second-order valence-electron chi connectivity index (χ2n) is 5.16. The summed E-state index contributed by atoms with van der Waals surface area (Å²) in [6.45, 7) is 6.96. The number of nitriles is 1. The molecule has 0 aliphatic carbocycles. The fourth-order valence-corrected chi connectivity index (χ4v) is 2.13. The highest BCUT2D eigenvalue weighted by Gasteiger charge is 2.04. The molecule has 19 heavy (non-hydrogen) atoms. The van der Waals surface area contributed by atoms with Crippen LogP contribution >= 0.6 is 0 Å². The van der Waals surface area contributed by atoms with Crippen molar-refractivity contribution in [3.05, 3.63) is 28.8 Å². The second kappa shape index (κ2) is 8.58. The minimum atomic E-state index is 0.740. The summed E-state index contributed by atoms with van der Waals surface area (Å²) in [5.41, 5.74) is 2.78. The van der Waals surface area contributed by atoms with Gasteiger partial charge in [0.15, 0.2) is 0 Å². The molecule has 104 valence electrons. The number of nitrogens with zero attached hydrogens (tertiary/aromatic N) is 1. The molecule has 1 rings (SSSR count). The first kappa shape index (κ1) is 15.6. The van der Waals surface area contributed by atoms with Gasteiger partial charge in [0.25, 0.3) is 0 Å². The quantitative estimate of drug-likeness (QED) is 0.621. The van der Waals surface area contributed by atoms with Crippen LogP contribution < -0.4 is 4.74 Å². The zero-order valence-electron chi connectivity index (χ0n) is 12.5. The minimum absolute atomic E-state index is 0.740. The van der Waals surface area contributed by atoms with Crippen molar-refractivity contribution in [2.24, 2.45) is 0 Å². The minimum Gasteiger partial charge on any atom is -0.493 e. The van der Waals surface area contributed by atoms with E-state index >= 15 is 0 Å². The molecular weight excluding hydrogens is 234 g/mol. The number of hydrogen-bond donors (Lipinski definition) is 0. The SMILES string of the molecule is CCCCCCCCOc1cc(C)c(C#N)cc1C. The summed E-state index contributed by atoms with van der Waals surface area (Å²) in [6.07, 6.45) is 7.64. The Balaban J connectivity index is 2.34. The van der Waals surface area contributed by atoms with Gasteiger partial charge in [-0.1, -0.05) is 39.0 Å². The first-order chi connectivity index (χ1) is 9.19. The van der Waals surface area contributed by atoms with E-state index in [4.69, 9.17) is 10.00 Å². The summed E-state index contributed by atoms with van der Waals surface area (Å²) in [5, 5.41) is 8.96. The van der Waals surface area contributed by atoms with E-state index < -0.39 is 0 Å². The van der Waals surface area contributed by atoms with E-state index in [1.807, 2.05) is 26.0 Å². The molecule has 2 nitrogen and oxygen atoms in total. The van der Waals surface area contributed by atoms with E-state index in [0.717, 1.165) is 35.5 Å². The van der Waals surface area contributed by atoms with Crippen molar-refractivity contribution < 1.29 is 4.74 Å². The molecule has 0 aromatic heterocycles. The van der Waals surface area contributed by atoms with E-state index in [1.165, 1.54) is 32.1 Å². The molecule has 0 heterocycles. The molecule has 1 aromatic rings. The Hall–Kier alpha value is -1.49. The first-order valence-electron chi connectivity index (χ1n) is 7.33. The van der Waals surface area contributed by atoms with Crippen molar-refractivity contribution in [2.75, 3.05) is 6.61 Å². The number of ether oxygens (including phenoxy) is 1. The smallest absolute Gasteiger partial charge is 0.122 e. The second-order valence-corrected chi connectivity index (χ2v) is 5.16. The molecule has 0 atom stereocenters. The predicted octanol–water partition coefficient (Wildman–Crippen LogP) is 4.91. The van der Waals surface area contributed by atoms with Crippen molar-refractivity contribution in [2.45, 2.75) is 59.3 Å². The summed E-state index contributed by atoms with van der Waals surface area (Å²) >= 11 is 0. The van der Waals surface area contributed by atoms with Crippen molar-refractivity contribution in [3.63, 3.8) is 0 Å². The van der Waals surface area contributed by atoms with Gasteiger partial charge in [0.1, 0.15) is 5.75 Å². The lowest BCUT2D eigenvalue weighted by molar-refractivity contribution is 0.302. The third-order valence-corrected chi connectivity index (χ3v) is 3.40. The highest BCUT2D eigenvalue weighted by Crippen LogP contribution is 2.22. The number of hydrogen-bond acceptors (Lipinski definition) is 2. The van der Waals surface area contributed by atoms with Crippen molar-refractivity contribution in [1.82, 2.24) is 0 Å². The Labute approximate surface area is 117 Å². The zero-order valence-corrected chi connectivity index (χ0v) is 12.5. The molecular formula is C17H25NO. The van der Waals surface area contributed by atoms with Gasteiger partial charge in [-0.25, -0.2) is 0 Å². The van der Waals surface area contributed by atoms with Gasteiger partial charge in [0, 0.05) is 0 Å². The van der Waals surface area contributed by atoms with Gasteiger partial charge in [-0.15, -0.1) is 0 Å². The number of rotatable bonds is 8. The lowest BCUT2D eigenvalue weighted by atomic mass is 10.1. The summed E-state index contributed by atoms with van der Waals surface area (Å²) < 4.78 is 5.81. The van der Waals surface area contributed by atoms with Crippen molar-refractivity contribution in [1.29, 1.82) is 5.26 Å². The molecule has 0 N–H and O–H groups in total. The molecule has 0 bridgehead atoms. The molecule has 1 aromatic carbocycles. The van der Waals surface area contributed by atoms with Crippen LogP contribution in [0, 0.1) is 25.2 Å². The molecule has 2 heteroatoms. The van der Waals surface area contributed by atoms with Gasteiger partial charge in [-0.2, -0.15) is 5.26 Å². The standard InChI is InChI=1S/C17H25NO/c1-4-5-6-7-8-9-10-19-17-12-14(2)16(13-18)11-15(17)3/h11-12H,4-10H2,1-3H3. The average molecular weight is 259 g/mol. The lowest BCUT2D eigenvalue weighted by Crippen LogP contribution is -2.00. The Morgan fingerprint density at radius 2 is 1.68 bits per heavy atom. The van der Waals surface area contributed by atoms with Crippen LogP contribution in [0.4, 0.5) is 0 Å². The van der Waals surface area contributed by atoms with Crippen LogP contribution in [0.3, 0.4) is 0 Å². The largest absolute Gasteiger partial charge is 0.493 e. The first-order valence-corrected chi connectivity index (χ1v) is 7.33. The molecule has 0 aliphatic rings. The molecule has 0 aliphatic heterocycles. The molecule has 0 amide bonds. The van der Waals surface area contributed by atoms with Crippen LogP contribution in [-0.2, 0) is 0 Å². The normalized spacial score (nSPS) is 10.2. The molecule has 0 saturated carbocycles. The number of unbranched alkanes of at least 4 members (excludes halogenated alkanes) is 5. The number of aryl methyl sites for hydroxylation is 2. The fourth-order valence-electron chi connectivity index (χ4n) is 2.13. The monoisotopic (exact) mass is 259 g/mol. The third kappa shape index (κ3) is 5.34. The van der Waals surface area contributed by atoms with E-state index in [-0.39, 0.29) is 0 Å². The summed E-state index contributed by atoms with van der Waals surface area (Å²) in [5.74, 6) is 0.921. The maximum atomic E-state index is 8.96. The van der Waals surface area contributed by atoms with Crippen LogP contribution in [0.25, 0.3) is 0 Å². The average Bonchev–Trinajstić information content (AvgIpc) is 2.41. The maximum Gasteiger partial charge on any atom is 0.122 e. The van der Waals surface area contributed by atoms with Gasteiger partial charge in [0.2, 0.25) is 0 Å². The van der Waals surface area contributed by atoms with Gasteiger partial charge in [0.05, 0.1) is 18.2 Å². The van der Waals surface area contributed by atoms with Crippen LogP contribution in [0.1, 0.15) is 62.1 Å². The van der Waals surface area contributed by atoms with Crippen molar-refractivity contribution >= 4 is 0 Å². The van der Waals surface area contributed by atoms with Gasteiger partial charge in [-0.3, -0.25) is 0 Å². The summed E-state index contributed by atoms with van der Waals surface area (Å²) in [6, 6.07) is 6.09. The highest BCUT2D eigenvalue weighted by atomic mass is 16.5. The zero-order chi connectivity index (χ0) is 14.1. The Morgan fingerprint density at radius 3 is 2.37 bits per heavy atom. The van der Waals surface area contributed by atoms with Crippen LogP contribution in [0.5, 0.6) is 5.75 Å². The van der Waals surface area contributed by atoms with Crippen LogP contribution in [0.2, 0.25) is 0 Å². The fraction of sp³-hybridized carbons (Fsp3) is 0.588. The molecule has 0 fully saturated rings. The van der Waals surface area contributed by atoms with E-state index in [0.29, 0.717) is 0 Å². The van der Waals surface area contributed by atoms with Crippen LogP contribution in [-0.4, -0.2) is 6.61 Å². The Kier molecular flexibility index (Phi) is 7.03. The highest BCUT2D eigenvalue weighted by molar-refractivity contribution is 5.46. The maximum absolute atomic E-state index is 8.96. The Morgan fingerprint density at radius 1 is 1.00 bits per heavy atom. The van der Waals surface area contributed by atoms with Gasteiger partial charge < -0.3 is 4.74 Å². The molecule has 0 unspecified atom stereocenters. The van der Waals surface area contributed by atoms with Gasteiger partial charge in [-0.05, 0) is 43.5 Å². The number of benzene rings is 1. The molecule has 0 radical (unpaired) electrons. The summed E-state index contributed by atoms with van der Waals surface area (Å²) in [7, 11) is 0. The topological polar surface area (TPSA) is 33.0 Å². The third-order valence-electron chi connectivity index (χ3n) is 3.40. The molecule has 0 saturated heterocycles.